The van der Waals surface area contributed by atoms with Gasteiger partial charge in [0, 0.05) is 17.9 Å². The lowest BCUT2D eigenvalue weighted by Gasteiger charge is -2.18. The maximum atomic E-state index is 12.7. The van der Waals surface area contributed by atoms with E-state index in [1.807, 2.05) is 0 Å². The molecule has 0 N–H and O–H groups in total. The first kappa shape index (κ1) is 16.6. The Kier molecular flexibility index (Phi) is 5.20. The van der Waals surface area contributed by atoms with Crippen LogP contribution >= 0.6 is 11.8 Å². The minimum atomic E-state index is -0.00897. The van der Waals surface area contributed by atoms with E-state index in [0.29, 0.717) is 18.7 Å². The third kappa shape index (κ3) is 3.79. The number of nitrogens with zero attached hydrogens (tertiary/aromatic N) is 2. The van der Waals surface area contributed by atoms with Crippen LogP contribution in [-0.4, -0.2) is 36.2 Å². The molecule has 2 aromatic carbocycles. The Morgan fingerprint density at radius 3 is 2.54 bits per heavy atom. The normalized spacial score (nSPS) is 13.8. The van der Waals surface area contributed by atoms with E-state index in [4.69, 9.17) is 4.74 Å². The van der Waals surface area contributed by atoms with E-state index in [0.717, 1.165) is 16.7 Å². The number of amidine groups is 1. The van der Waals surface area contributed by atoms with Crippen molar-refractivity contribution in [3.05, 3.63) is 65.2 Å². The van der Waals surface area contributed by atoms with E-state index < -0.39 is 0 Å². The van der Waals surface area contributed by atoms with Gasteiger partial charge in [-0.05, 0) is 36.8 Å². The van der Waals surface area contributed by atoms with Gasteiger partial charge in [0.2, 0.25) is 0 Å². The molecule has 24 heavy (non-hydrogen) atoms. The van der Waals surface area contributed by atoms with Gasteiger partial charge in [0.15, 0.2) is 5.17 Å². The number of thioether (sulfide) groups is 1. The summed E-state index contributed by atoms with van der Waals surface area (Å²) in [6.07, 6.45) is 0. The van der Waals surface area contributed by atoms with E-state index in [1.54, 1.807) is 48.0 Å². The number of aliphatic imine (C=N–C) groups is 1. The summed E-state index contributed by atoms with van der Waals surface area (Å²) in [6.45, 7) is 3.38. The monoisotopic (exact) mass is 340 g/mol. The standard InChI is InChI=1S/C19H20N2O2S/c1-14-3-5-15(6-4-14)13-24-19-20-11-12-21(19)18(22)16-7-9-17(23-2)10-8-16/h3-10H,11-13H2,1-2H3. The molecular weight excluding hydrogens is 320 g/mol. The Morgan fingerprint density at radius 2 is 1.88 bits per heavy atom. The number of hydrogen-bond acceptors (Lipinski definition) is 4. The van der Waals surface area contributed by atoms with Crippen LogP contribution in [0.2, 0.25) is 0 Å². The first-order valence-corrected chi connectivity index (χ1v) is 8.84. The molecule has 0 saturated heterocycles. The Balaban J connectivity index is 1.65. The Labute approximate surface area is 146 Å². The average molecular weight is 340 g/mol. The second kappa shape index (κ2) is 7.53. The van der Waals surface area contributed by atoms with Gasteiger partial charge in [0.25, 0.3) is 5.91 Å². The predicted molar refractivity (Wildman–Crippen MR) is 98.8 cm³/mol. The highest BCUT2D eigenvalue weighted by molar-refractivity contribution is 8.13. The van der Waals surface area contributed by atoms with Crippen LogP contribution in [-0.2, 0) is 5.75 Å². The van der Waals surface area contributed by atoms with E-state index in [1.165, 1.54) is 11.1 Å². The highest BCUT2D eigenvalue weighted by atomic mass is 32.2. The summed E-state index contributed by atoms with van der Waals surface area (Å²) in [5.74, 6) is 1.55. The molecule has 5 heteroatoms. The van der Waals surface area contributed by atoms with Crippen LogP contribution in [0.5, 0.6) is 5.75 Å². The van der Waals surface area contributed by atoms with Crippen molar-refractivity contribution in [3.8, 4) is 5.75 Å². The molecule has 4 nitrogen and oxygen atoms in total. The SMILES string of the molecule is COc1ccc(C(=O)N2CCN=C2SCc2ccc(C)cc2)cc1. The number of amides is 1. The van der Waals surface area contributed by atoms with Crippen LogP contribution in [0.25, 0.3) is 0 Å². The van der Waals surface area contributed by atoms with Crippen molar-refractivity contribution in [1.29, 1.82) is 0 Å². The molecule has 0 unspecified atom stereocenters. The Bertz CT molecular complexity index is 739. The van der Waals surface area contributed by atoms with Crippen molar-refractivity contribution in [2.75, 3.05) is 20.2 Å². The van der Waals surface area contributed by atoms with Gasteiger partial charge in [-0.1, -0.05) is 41.6 Å². The van der Waals surface area contributed by atoms with Crippen molar-refractivity contribution in [2.45, 2.75) is 12.7 Å². The molecule has 0 aromatic heterocycles. The van der Waals surface area contributed by atoms with Crippen LogP contribution in [0.15, 0.2) is 53.5 Å². The molecule has 0 fully saturated rings. The van der Waals surface area contributed by atoms with Crippen LogP contribution in [0.3, 0.4) is 0 Å². The fourth-order valence-electron chi connectivity index (χ4n) is 2.46. The van der Waals surface area contributed by atoms with Gasteiger partial charge >= 0.3 is 0 Å². The maximum absolute atomic E-state index is 12.7. The molecule has 2 aromatic rings. The summed E-state index contributed by atoms with van der Waals surface area (Å²) >= 11 is 1.61. The summed E-state index contributed by atoms with van der Waals surface area (Å²) in [5, 5.41) is 0.802. The van der Waals surface area contributed by atoms with Crippen molar-refractivity contribution >= 4 is 22.8 Å². The van der Waals surface area contributed by atoms with Crippen molar-refractivity contribution in [3.63, 3.8) is 0 Å². The number of rotatable bonds is 4. The number of benzene rings is 2. The molecule has 0 aliphatic carbocycles. The van der Waals surface area contributed by atoms with Gasteiger partial charge in [-0.15, -0.1) is 0 Å². The molecule has 0 spiro atoms. The van der Waals surface area contributed by atoms with Gasteiger partial charge < -0.3 is 4.74 Å². The summed E-state index contributed by atoms with van der Waals surface area (Å²) in [4.78, 5) is 19.0. The van der Waals surface area contributed by atoms with Crippen molar-refractivity contribution in [2.24, 2.45) is 4.99 Å². The maximum Gasteiger partial charge on any atom is 0.259 e. The Morgan fingerprint density at radius 1 is 1.17 bits per heavy atom. The zero-order valence-corrected chi connectivity index (χ0v) is 14.7. The number of carbonyl (C=O) groups is 1. The van der Waals surface area contributed by atoms with Gasteiger partial charge in [-0.3, -0.25) is 14.7 Å². The lowest BCUT2D eigenvalue weighted by molar-refractivity contribution is 0.0860. The highest BCUT2D eigenvalue weighted by Crippen LogP contribution is 2.22. The molecule has 3 rings (SSSR count). The quantitative estimate of drug-likeness (QED) is 0.851. The molecule has 1 aliphatic rings. The summed E-state index contributed by atoms with van der Waals surface area (Å²) in [7, 11) is 1.61. The summed E-state index contributed by atoms with van der Waals surface area (Å²) < 4.78 is 5.14. The predicted octanol–water partition coefficient (Wildman–Crippen LogP) is 3.75. The molecule has 0 radical (unpaired) electrons. The molecule has 1 aliphatic heterocycles. The fraction of sp³-hybridized carbons (Fsp3) is 0.263. The number of ether oxygens (including phenoxy) is 1. The zero-order chi connectivity index (χ0) is 16.9. The number of methoxy groups -OCH3 is 1. The topological polar surface area (TPSA) is 41.9 Å². The lowest BCUT2D eigenvalue weighted by Crippen LogP contribution is -2.32. The molecule has 0 bridgehead atoms. The van der Waals surface area contributed by atoms with E-state index in [9.17, 15) is 4.79 Å². The van der Waals surface area contributed by atoms with Gasteiger partial charge in [0.1, 0.15) is 5.75 Å². The molecule has 0 atom stereocenters. The summed E-state index contributed by atoms with van der Waals surface area (Å²) in [5.41, 5.74) is 3.14. The first-order valence-electron chi connectivity index (χ1n) is 7.86. The van der Waals surface area contributed by atoms with Gasteiger partial charge in [0.05, 0.1) is 13.7 Å². The third-order valence-electron chi connectivity index (χ3n) is 3.87. The highest BCUT2D eigenvalue weighted by Gasteiger charge is 2.25. The fourth-order valence-corrected chi connectivity index (χ4v) is 3.46. The van der Waals surface area contributed by atoms with Crippen LogP contribution < -0.4 is 4.74 Å². The third-order valence-corrected chi connectivity index (χ3v) is 4.96. The largest absolute Gasteiger partial charge is 0.497 e. The molecule has 124 valence electrons. The zero-order valence-electron chi connectivity index (χ0n) is 13.9. The number of aryl methyl sites for hydroxylation is 1. The smallest absolute Gasteiger partial charge is 0.259 e. The van der Waals surface area contributed by atoms with Crippen molar-refractivity contribution < 1.29 is 9.53 Å². The van der Waals surface area contributed by atoms with Gasteiger partial charge in [-0.25, -0.2) is 0 Å². The summed E-state index contributed by atoms with van der Waals surface area (Å²) in [6, 6.07) is 15.6. The van der Waals surface area contributed by atoms with Gasteiger partial charge in [-0.2, -0.15) is 0 Å². The number of carbonyl (C=O) groups excluding carboxylic acids is 1. The first-order chi connectivity index (χ1) is 11.7. The van der Waals surface area contributed by atoms with E-state index >= 15 is 0 Å². The molecule has 1 heterocycles. The second-order valence-electron chi connectivity index (χ2n) is 5.62. The second-order valence-corrected chi connectivity index (χ2v) is 6.57. The molecule has 1 amide bonds. The minimum Gasteiger partial charge on any atom is -0.497 e. The average Bonchev–Trinajstić information content (AvgIpc) is 3.09. The van der Waals surface area contributed by atoms with Crippen LogP contribution in [0, 0.1) is 6.92 Å². The van der Waals surface area contributed by atoms with Crippen LogP contribution in [0.4, 0.5) is 0 Å². The van der Waals surface area contributed by atoms with E-state index in [-0.39, 0.29) is 5.91 Å². The van der Waals surface area contributed by atoms with Crippen molar-refractivity contribution in [1.82, 2.24) is 4.90 Å². The lowest BCUT2D eigenvalue weighted by atomic mass is 10.2. The minimum absolute atomic E-state index is 0.00897. The Hall–Kier alpha value is -2.27. The number of hydrogen-bond donors (Lipinski definition) is 0. The molecule has 0 saturated carbocycles. The molecular formula is C19H20N2O2S. The van der Waals surface area contributed by atoms with Crippen LogP contribution in [0.1, 0.15) is 21.5 Å². The van der Waals surface area contributed by atoms with E-state index in [2.05, 4.69) is 36.2 Å².